The van der Waals surface area contributed by atoms with Crippen molar-refractivity contribution in [2.45, 2.75) is 203 Å². The summed E-state index contributed by atoms with van der Waals surface area (Å²) in [6, 6.07) is -1.27. The number of rotatable bonds is 39. The third-order valence-corrected chi connectivity index (χ3v) is 11.1. The fourth-order valence-electron chi connectivity index (χ4n) is 6.14. The minimum Gasteiger partial charge on any atom is -0.480 e. The molecule has 324 valence electrons. The van der Waals surface area contributed by atoms with Crippen molar-refractivity contribution in [1.82, 2.24) is 5.32 Å². The van der Waals surface area contributed by atoms with Gasteiger partial charge in [-0.3, -0.25) is 9.59 Å². The van der Waals surface area contributed by atoms with Crippen LogP contribution in [0, 0.1) is 5.92 Å². The first-order valence-electron chi connectivity index (χ1n) is 21.6. The van der Waals surface area contributed by atoms with E-state index in [0.29, 0.717) is 18.6 Å². The molecule has 13 heteroatoms. The molecule has 0 heterocycles. The van der Waals surface area contributed by atoms with Gasteiger partial charge in [-0.25, -0.2) is 9.59 Å². The number of alkyl halides is 3. The van der Waals surface area contributed by atoms with Crippen LogP contribution in [0.4, 0.5) is 4.79 Å². The number of amides is 1. The van der Waals surface area contributed by atoms with Crippen LogP contribution in [0.3, 0.4) is 0 Å². The monoisotopic (exact) mass is 859 g/mol. The summed E-state index contributed by atoms with van der Waals surface area (Å²) in [5, 5.41) is 11.9. The third kappa shape index (κ3) is 39.5. The van der Waals surface area contributed by atoms with Crippen LogP contribution in [0.25, 0.3) is 0 Å². The van der Waals surface area contributed by atoms with Crippen LogP contribution < -0.4 is 5.32 Å². The van der Waals surface area contributed by atoms with E-state index in [9.17, 15) is 24.3 Å². The number of hydrogen-bond donors (Lipinski definition) is 2. The first-order valence-corrected chi connectivity index (χ1v) is 23.9. The van der Waals surface area contributed by atoms with E-state index in [1.54, 1.807) is 0 Å². The molecule has 0 aromatic rings. The molecule has 0 aromatic carbocycles. The zero-order valence-electron chi connectivity index (χ0n) is 34.3. The molecule has 2 N–H and O–H groups in total. The summed E-state index contributed by atoms with van der Waals surface area (Å²) in [5.41, 5.74) is 0. The van der Waals surface area contributed by atoms with E-state index >= 15 is 0 Å². The zero-order valence-corrected chi connectivity index (χ0v) is 37.4. The van der Waals surface area contributed by atoms with Crippen LogP contribution >= 0.6 is 46.6 Å². The quantitative estimate of drug-likeness (QED) is 0.0269. The Bertz CT molecular complexity index is 910. The van der Waals surface area contributed by atoms with Crippen molar-refractivity contribution in [3.05, 3.63) is 0 Å². The fourth-order valence-corrected chi connectivity index (χ4v) is 7.43. The number of carboxylic acids is 1. The molecule has 1 atom stereocenters. The highest BCUT2D eigenvalue weighted by Crippen LogP contribution is 2.26. The first-order chi connectivity index (χ1) is 26.5. The number of nitrogens with one attached hydrogen (secondary N) is 1. The summed E-state index contributed by atoms with van der Waals surface area (Å²) in [5.74, 6) is -1.86. The van der Waals surface area contributed by atoms with Crippen LogP contribution in [-0.2, 0) is 28.6 Å². The van der Waals surface area contributed by atoms with Crippen molar-refractivity contribution in [2.75, 3.05) is 31.3 Å². The molecule has 1 amide bonds. The SMILES string of the molecule is CCCCCCCCCCCCCCCC(=O)OCC(COC(=O)CCCCCCCCCCCCCCC)CSC[C@H](NC(=O)OCC(Cl)(Cl)Cl)C(=O)O. The van der Waals surface area contributed by atoms with Crippen molar-refractivity contribution in [3.63, 3.8) is 0 Å². The van der Waals surface area contributed by atoms with E-state index < -0.39 is 28.5 Å². The molecule has 0 saturated heterocycles. The Kier molecular flexibility index (Phi) is 37.7. The normalized spacial score (nSPS) is 12.1. The number of carbonyl (C=O) groups is 4. The van der Waals surface area contributed by atoms with E-state index in [0.717, 1.165) is 38.5 Å². The maximum atomic E-state index is 12.6. The maximum Gasteiger partial charge on any atom is 0.408 e. The topological polar surface area (TPSA) is 128 Å². The summed E-state index contributed by atoms with van der Waals surface area (Å²) in [6.45, 7) is 4.04. The minimum absolute atomic E-state index is 0.00545. The lowest BCUT2D eigenvalue weighted by atomic mass is 10.0. The third-order valence-electron chi connectivity index (χ3n) is 9.52. The highest BCUT2D eigenvalue weighted by atomic mass is 35.6. The van der Waals surface area contributed by atoms with Gasteiger partial charge in [-0.05, 0) is 12.8 Å². The van der Waals surface area contributed by atoms with Crippen molar-refractivity contribution >= 4 is 70.6 Å². The Labute approximate surface area is 353 Å². The molecule has 0 saturated carbocycles. The van der Waals surface area contributed by atoms with Gasteiger partial charge in [0.05, 0.1) is 13.2 Å². The molecule has 0 aliphatic rings. The van der Waals surface area contributed by atoms with Gasteiger partial charge < -0.3 is 24.6 Å². The van der Waals surface area contributed by atoms with Gasteiger partial charge in [0, 0.05) is 30.3 Å². The van der Waals surface area contributed by atoms with Gasteiger partial charge in [-0.15, -0.1) is 0 Å². The fraction of sp³-hybridized carbons (Fsp3) is 0.905. The van der Waals surface area contributed by atoms with Crippen LogP contribution in [0.1, 0.15) is 194 Å². The smallest absolute Gasteiger partial charge is 0.408 e. The lowest BCUT2D eigenvalue weighted by Gasteiger charge is -2.19. The molecule has 0 fully saturated rings. The van der Waals surface area contributed by atoms with Gasteiger partial charge in [0.25, 0.3) is 0 Å². The second-order valence-electron chi connectivity index (χ2n) is 15.0. The molecule has 55 heavy (non-hydrogen) atoms. The standard InChI is InChI=1S/C42H76Cl3NO8S/c1-3-5-7-9-11-13-15-17-19-21-23-25-27-29-38(47)52-31-36(33-55-34-37(40(49)50)46-41(51)54-35-42(43,44)45)32-53-39(48)30-28-26-24-22-20-18-16-14-12-10-8-6-4-2/h36-37H,3-35H2,1-2H3,(H,46,51)(H,49,50)/t37-/m0/s1. The van der Waals surface area contributed by atoms with Gasteiger partial charge in [0.1, 0.15) is 12.6 Å². The molecule has 0 spiro atoms. The van der Waals surface area contributed by atoms with E-state index in [4.69, 9.17) is 49.0 Å². The summed E-state index contributed by atoms with van der Waals surface area (Å²) in [6.07, 6.45) is 31.4. The van der Waals surface area contributed by atoms with Crippen molar-refractivity contribution in [3.8, 4) is 0 Å². The summed E-state index contributed by atoms with van der Waals surface area (Å²) >= 11 is 18.0. The second kappa shape index (κ2) is 38.4. The Balaban J connectivity index is 4.55. The minimum atomic E-state index is -1.83. The zero-order chi connectivity index (χ0) is 40.8. The van der Waals surface area contributed by atoms with Crippen molar-refractivity contribution in [1.29, 1.82) is 0 Å². The predicted molar refractivity (Wildman–Crippen MR) is 230 cm³/mol. The number of carbonyl (C=O) groups excluding carboxylic acids is 3. The lowest BCUT2D eigenvalue weighted by Crippen LogP contribution is -2.43. The lowest BCUT2D eigenvalue weighted by molar-refractivity contribution is -0.148. The first kappa shape index (κ1) is 53.9. The van der Waals surface area contributed by atoms with Crippen LogP contribution in [-0.4, -0.2) is 70.3 Å². The van der Waals surface area contributed by atoms with Crippen LogP contribution in [0.15, 0.2) is 0 Å². The van der Waals surface area contributed by atoms with Gasteiger partial charge >= 0.3 is 24.0 Å². The average Bonchev–Trinajstić information content (AvgIpc) is 3.14. The molecule has 0 radical (unpaired) electrons. The predicted octanol–water partition coefficient (Wildman–Crippen LogP) is 12.9. The molecular weight excluding hydrogens is 785 g/mol. The summed E-state index contributed by atoms with van der Waals surface area (Å²) in [7, 11) is 0. The van der Waals surface area contributed by atoms with E-state index in [1.807, 2.05) is 0 Å². The number of carboxylic acid groups (broad SMARTS) is 1. The van der Waals surface area contributed by atoms with Gasteiger partial charge in [-0.1, -0.05) is 203 Å². The van der Waals surface area contributed by atoms with Crippen LogP contribution in [0.2, 0.25) is 0 Å². The number of alkyl carbamates (subject to hydrolysis) is 1. The summed E-state index contributed by atoms with van der Waals surface area (Å²) < 4.78 is 14.1. The molecule has 0 unspecified atom stereocenters. The molecule has 0 aliphatic heterocycles. The Hall–Kier alpha value is -1.10. The number of esters is 2. The van der Waals surface area contributed by atoms with Gasteiger partial charge in [0.2, 0.25) is 3.79 Å². The number of thioether (sulfide) groups is 1. The average molecular weight is 861 g/mol. The molecular formula is C42H76Cl3NO8S. The number of aliphatic carboxylic acids is 1. The molecule has 9 nitrogen and oxygen atoms in total. The summed E-state index contributed by atoms with van der Waals surface area (Å²) in [4.78, 5) is 48.9. The Morgan fingerprint density at radius 2 is 0.891 bits per heavy atom. The maximum absolute atomic E-state index is 12.6. The van der Waals surface area contributed by atoms with E-state index in [-0.39, 0.29) is 36.8 Å². The molecule has 0 aliphatic carbocycles. The molecule has 0 aromatic heterocycles. The van der Waals surface area contributed by atoms with Crippen molar-refractivity contribution in [2.24, 2.45) is 5.92 Å². The number of ether oxygens (including phenoxy) is 3. The number of hydrogen-bond acceptors (Lipinski definition) is 8. The second-order valence-corrected chi connectivity index (χ2v) is 18.6. The number of unbranched alkanes of at least 4 members (excludes halogenated alkanes) is 24. The molecule has 0 rings (SSSR count). The highest BCUT2D eigenvalue weighted by Gasteiger charge is 2.26. The van der Waals surface area contributed by atoms with Gasteiger partial charge in [-0.2, -0.15) is 11.8 Å². The van der Waals surface area contributed by atoms with E-state index in [2.05, 4.69) is 19.2 Å². The Morgan fingerprint density at radius 3 is 1.22 bits per heavy atom. The largest absolute Gasteiger partial charge is 0.480 e. The van der Waals surface area contributed by atoms with Gasteiger partial charge in [0.15, 0.2) is 0 Å². The van der Waals surface area contributed by atoms with Crippen LogP contribution in [0.5, 0.6) is 0 Å². The Morgan fingerprint density at radius 1 is 0.545 bits per heavy atom. The van der Waals surface area contributed by atoms with E-state index in [1.165, 1.54) is 140 Å². The number of halogens is 3. The van der Waals surface area contributed by atoms with Crippen molar-refractivity contribution < 1.29 is 38.5 Å². The molecule has 0 bridgehead atoms. The highest BCUT2D eigenvalue weighted by molar-refractivity contribution is 7.99.